The third kappa shape index (κ3) is 3.05. The molecule has 0 aliphatic rings. The Morgan fingerprint density at radius 2 is 2.07 bits per heavy atom. The lowest BCUT2D eigenvalue weighted by Crippen LogP contribution is -2.30. The number of hydrogen-bond acceptors (Lipinski definition) is 2. The van der Waals surface area contributed by atoms with Crippen LogP contribution >= 0.6 is 0 Å². The van der Waals surface area contributed by atoms with Gasteiger partial charge >= 0.3 is 0 Å². The van der Waals surface area contributed by atoms with Crippen molar-refractivity contribution >= 4 is 15.7 Å². The summed E-state index contributed by atoms with van der Waals surface area (Å²) in [4.78, 5) is 3.31. The van der Waals surface area contributed by atoms with Crippen molar-refractivity contribution < 1.29 is 8.42 Å². The molecule has 0 amide bonds. The first-order chi connectivity index (χ1) is 6.95. The van der Waals surface area contributed by atoms with Crippen LogP contribution in [0, 0.1) is 6.57 Å². The van der Waals surface area contributed by atoms with Crippen molar-refractivity contribution in [3.05, 3.63) is 35.7 Å². The van der Waals surface area contributed by atoms with Crippen molar-refractivity contribution in [3.8, 4) is 0 Å². The highest BCUT2D eigenvalue weighted by Gasteiger charge is 2.14. The minimum Gasteiger partial charge on any atom is -0.238 e. The van der Waals surface area contributed by atoms with Gasteiger partial charge in [-0.3, -0.25) is 0 Å². The second-order valence-corrected chi connectivity index (χ2v) is 5.10. The first kappa shape index (κ1) is 11.7. The Balaban J connectivity index is 3.11. The second-order valence-electron chi connectivity index (χ2n) is 3.39. The summed E-state index contributed by atoms with van der Waals surface area (Å²) in [6.07, 6.45) is 0. The molecule has 1 rings (SSSR count). The zero-order chi connectivity index (χ0) is 11.5. The van der Waals surface area contributed by atoms with Gasteiger partial charge in [0.15, 0.2) is 5.69 Å². The normalized spacial score (nSPS) is 11.3. The number of nitrogens with zero attached hydrogens (tertiary/aromatic N) is 1. The van der Waals surface area contributed by atoms with Crippen molar-refractivity contribution in [2.75, 3.05) is 0 Å². The van der Waals surface area contributed by atoms with E-state index in [1.54, 1.807) is 26.0 Å². The van der Waals surface area contributed by atoms with E-state index in [9.17, 15) is 8.42 Å². The molecule has 5 heteroatoms. The van der Waals surface area contributed by atoms with Gasteiger partial charge in [0.2, 0.25) is 10.0 Å². The molecule has 0 spiro atoms. The SMILES string of the molecule is [C-]#[N+]c1cccc(S(=O)(=O)NC(C)C)c1. The highest BCUT2D eigenvalue weighted by molar-refractivity contribution is 7.89. The lowest BCUT2D eigenvalue weighted by atomic mass is 10.3. The summed E-state index contributed by atoms with van der Waals surface area (Å²) in [5.41, 5.74) is 0.321. The van der Waals surface area contributed by atoms with Crippen molar-refractivity contribution in [2.45, 2.75) is 24.8 Å². The first-order valence-electron chi connectivity index (χ1n) is 4.45. The Morgan fingerprint density at radius 1 is 1.40 bits per heavy atom. The average molecular weight is 224 g/mol. The van der Waals surface area contributed by atoms with Gasteiger partial charge in [0, 0.05) is 6.04 Å². The predicted octanol–water partition coefficient (Wildman–Crippen LogP) is 1.92. The van der Waals surface area contributed by atoms with Gasteiger partial charge in [0.1, 0.15) is 0 Å². The molecule has 0 bridgehead atoms. The molecule has 0 fully saturated rings. The Morgan fingerprint density at radius 3 is 2.60 bits per heavy atom. The molecular weight excluding hydrogens is 212 g/mol. The van der Waals surface area contributed by atoms with Crippen LogP contribution in [-0.4, -0.2) is 14.5 Å². The van der Waals surface area contributed by atoms with E-state index in [2.05, 4.69) is 9.57 Å². The maximum atomic E-state index is 11.7. The van der Waals surface area contributed by atoms with E-state index in [1.807, 2.05) is 0 Å². The van der Waals surface area contributed by atoms with Crippen LogP contribution in [0.25, 0.3) is 4.85 Å². The molecule has 15 heavy (non-hydrogen) atoms. The van der Waals surface area contributed by atoms with Crippen molar-refractivity contribution in [1.29, 1.82) is 0 Å². The minimum absolute atomic E-state index is 0.129. The van der Waals surface area contributed by atoms with Gasteiger partial charge in [-0.2, -0.15) is 0 Å². The quantitative estimate of drug-likeness (QED) is 0.797. The largest absolute Gasteiger partial charge is 0.239 e. The smallest absolute Gasteiger partial charge is 0.238 e. The fourth-order valence-corrected chi connectivity index (χ4v) is 2.39. The monoisotopic (exact) mass is 224 g/mol. The number of sulfonamides is 1. The molecule has 4 nitrogen and oxygen atoms in total. The van der Waals surface area contributed by atoms with Crippen molar-refractivity contribution in [3.63, 3.8) is 0 Å². The van der Waals surface area contributed by atoms with Crippen LogP contribution in [0.3, 0.4) is 0 Å². The molecule has 0 saturated carbocycles. The highest BCUT2D eigenvalue weighted by atomic mass is 32.2. The second kappa shape index (κ2) is 4.43. The summed E-state index contributed by atoms with van der Waals surface area (Å²) in [5, 5.41) is 0. The topological polar surface area (TPSA) is 50.5 Å². The van der Waals surface area contributed by atoms with Crippen molar-refractivity contribution in [2.24, 2.45) is 0 Å². The zero-order valence-electron chi connectivity index (χ0n) is 8.56. The molecule has 1 N–H and O–H groups in total. The summed E-state index contributed by atoms with van der Waals surface area (Å²) < 4.78 is 25.8. The van der Waals surface area contributed by atoms with E-state index in [0.717, 1.165) is 0 Å². The van der Waals surface area contributed by atoms with E-state index < -0.39 is 10.0 Å². The predicted molar refractivity (Wildman–Crippen MR) is 58.2 cm³/mol. The van der Waals surface area contributed by atoms with Gasteiger partial charge < -0.3 is 0 Å². The molecule has 80 valence electrons. The van der Waals surface area contributed by atoms with Crippen LogP contribution in [0.5, 0.6) is 0 Å². The lowest BCUT2D eigenvalue weighted by Gasteiger charge is -2.09. The highest BCUT2D eigenvalue weighted by Crippen LogP contribution is 2.17. The number of nitrogens with one attached hydrogen (secondary N) is 1. The molecule has 1 aromatic carbocycles. The van der Waals surface area contributed by atoms with Gasteiger partial charge in [0.05, 0.1) is 11.5 Å². The molecular formula is C10H12N2O2S. The van der Waals surface area contributed by atoms with Crippen LogP contribution in [0.2, 0.25) is 0 Å². The Kier molecular flexibility index (Phi) is 3.45. The van der Waals surface area contributed by atoms with Crippen LogP contribution < -0.4 is 4.72 Å². The first-order valence-corrected chi connectivity index (χ1v) is 5.94. The van der Waals surface area contributed by atoms with Crippen molar-refractivity contribution in [1.82, 2.24) is 4.72 Å². The lowest BCUT2D eigenvalue weighted by molar-refractivity contribution is 0.570. The zero-order valence-corrected chi connectivity index (χ0v) is 9.38. The maximum Gasteiger partial charge on any atom is 0.239 e. The van der Waals surface area contributed by atoms with E-state index in [0.29, 0.717) is 5.69 Å². The Hall–Kier alpha value is -1.38. The van der Waals surface area contributed by atoms with Crippen LogP contribution in [-0.2, 0) is 10.0 Å². The fraction of sp³-hybridized carbons (Fsp3) is 0.300. The third-order valence-electron chi connectivity index (χ3n) is 1.65. The van der Waals surface area contributed by atoms with Gasteiger partial charge in [-0.1, -0.05) is 12.1 Å². The average Bonchev–Trinajstić information content (AvgIpc) is 2.16. The van der Waals surface area contributed by atoms with Crippen LogP contribution in [0.15, 0.2) is 29.2 Å². The molecule has 0 radical (unpaired) electrons. The molecule has 0 aliphatic carbocycles. The van der Waals surface area contributed by atoms with Crippen LogP contribution in [0.4, 0.5) is 5.69 Å². The molecule has 0 unspecified atom stereocenters. The van der Waals surface area contributed by atoms with E-state index in [4.69, 9.17) is 6.57 Å². The minimum atomic E-state index is -3.49. The maximum absolute atomic E-state index is 11.7. The molecule has 0 saturated heterocycles. The molecule has 0 aromatic heterocycles. The summed E-state index contributed by atoms with van der Waals surface area (Å²) in [6.45, 7) is 10.3. The summed E-state index contributed by atoms with van der Waals surface area (Å²) in [5.74, 6) is 0. The third-order valence-corrected chi connectivity index (χ3v) is 3.30. The number of hydrogen-bond donors (Lipinski definition) is 1. The summed E-state index contributed by atoms with van der Waals surface area (Å²) in [7, 11) is -3.49. The summed E-state index contributed by atoms with van der Waals surface area (Å²) in [6, 6.07) is 5.80. The molecule has 1 aromatic rings. The van der Waals surface area contributed by atoms with E-state index in [-0.39, 0.29) is 10.9 Å². The van der Waals surface area contributed by atoms with Gasteiger partial charge in [0.25, 0.3) is 0 Å². The van der Waals surface area contributed by atoms with E-state index >= 15 is 0 Å². The standard InChI is InChI=1S/C10H12N2O2S/c1-8(2)12-15(13,14)10-6-4-5-9(7-10)11-3/h4-8,12H,1-2H3. The molecule has 0 atom stereocenters. The van der Waals surface area contributed by atoms with Crippen LogP contribution in [0.1, 0.15) is 13.8 Å². The molecule has 0 heterocycles. The Bertz CT molecular complexity index is 486. The van der Waals surface area contributed by atoms with E-state index in [1.165, 1.54) is 12.1 Å². The molecule has 0 aliphatic heterocycles. The summed E-state index contributed by atoms with van der Waals surface area (Å²) >= 11 is 0. The van der Waals surface area contributed by atoms with Gasteiger partial charge in [-0.05, 0) is 26.0 Å². The number of benzene rings is 1. The fourth-order valence-electron chi connectivity index (χ4n) is 1.10. The Labute approximate surface area is 89.8 Å². The van der Waals surface area contributed by atoms with Gasteiger partial charge in [-0.25, -0.2) is 18.0 Å². The van der Waals surface area contributed by atoms with Gasteiger partial charge in [-0.15, -0.1) is 0 Å². The number of rotatable bonds is 3.